The van der Waals surface area contributed by atoms with Crippen LogP contribution in [0.15, 0.2) is 47.4 Å². The number of hydrogen-bond acceptors (Lipinski definition) is 3. The third-order valence-corrected chi connectivity index (χ3v) is 5.29. The number of hydrogen-bond donors (Lipinski definition) is 1. The minimum Gasteiger partial charge on any atom is -0.371 e. The zero-order chi connectivity index (χ0) is 17.1. The lowest BCUT2D eigenvalue weighted by atomic mass is 10.1. The number of nitrogens with one attached hydrogen (secondary N) is 1. The van der Waals surface area contributed by atoms with Crippen LogP contribution in [-0.2, 0) is 10.8 Å². The molecule has 2 aromatic carbocycles. The van der Waals surface area contributed by atoms with Crippen molar-refractivity contribution in [1.82, 2.24) is 0 Å². The molecule has 0 saturated carbocycles. The molecule has 3 rings (SSSR count). The molecule has 0 radical (unpaired) electrons. The van der Waals surface area contributed by atoms with Crippen LogP contribution < -0.4 is 10.2 Å². The van der Waals surface area contributed by atoms with Gasteiger partial charge in [0, 0.05) is 52.0 Å². The highest BCUT2D eigenvalue weighted by atomic mass is 32.2. The standard InChI is InChI=1S/C19H22N2O2S/c1-14-13-16(7-10-18(14)21-11-3-4-12-21)20-19(22)15-5-8-17(9-6-15)24(2)23/h5-10,13H,3-4,11-12H2,1-2H3,(H,20,22)/t24-/m0/s1. The molecule has 1 amide bonds. The summed E-state index contributed by atoms with van der Waals surface area (Å²) >= 11 is 0. The Morgan fingerprint density at radius 2 is 1.75 bits per heavy atom. The fourth-order valence-corrected chi connectivity index (χ4v) is 3.57. The molecule has 1 aliphatic rings. The van der Waals surface area contributed by atoms with E-state index in [1.165, 1.54) is 24.1 Å². The number of aryl methyl sites for hydroxylation is 1. The van der Waals surface area contributed by atoms with Crippen LogP contribution in [-0.4, -0.2) is 29.5 Å². The van der Waals surface area contributed by atoms with Crippen LogP contribution in [0, 0.1) is 6.92 Å². The zero-order valence-corrected chi connectivity index (χ0v) is 14.9. The quantitative estimate of drug-likeness (QED) is 0.924. The van der Waals surface area contributed by atoms with Gasteiger partial charge in [-0.3, -0.25) is 9.00 Å². The van der Waals surface area contributed by atoms with Crippen molar-refractivity contribution in [2.45, 2.75) is 24.7 Å². The van der Waals surface area contributed by atoms with E-state index < -0.39 is 10.8 Å². The van der Waals surface area contributed by atoms with Crippen molar-refractivity contribution < 1.29 is 9.00 Å². The Morgan fingerprint density at radius 3 is 2.33 bits per heavy atom. The average molecular weight is 342 g/mol. The lowest BCUT2D eigenvalue weighted by Gasteiger charge is -2.20. The molecule has 5 heteroatoms. The van der Waals surface area contributed by atoms with Gasteiger partial charge in [0.1, 0.15) is 0 Å². The minimum atomic E-state index is -1.03. The molecular weight excluding hydrogens is 320 g/mol. The number of rotatable bonds is 4. The number of nitrogens with zero attached hydrogens (tertiary/aromatic N) is 1. The number of carbonyl (C=O) groups excluding carboxylic acids is 1. The van der Waals surface area contributed by atoms with Crippen LogP contribution in [0.3, 0.4) is 0 Å². The molecule has 0 aromatic heterocycles. The van der Waals surface area contributed by atoms with Crippen molar-refractivity contribution in [1.29, 1.82) is 0 Å². The highest BCUT2D eigenvalue weighted by Gasteiger charge is 2.15. The maximum atomic E-state index is 12.4. The molecule has 1 heterocycles. The summed E-state index contributed by atoms with van der Waals surface area (Å²) in [5.41, 5.74) is 3.78. The van der Waals surface area contributed by atoms with Gasteiger partial charge in [-0.05, 0) is 67.8 Å². The molecule has 1 saturated heterocycles. The van der Waals surface area contributed by atoms with Crippen LogP contribution >= 0.6 is 0 Å². The van der Waals surface area contributed by atoms with Gasteiger partial charge < -0.3 is 10.2 Å². The summed E-state index contributed by atoms with van der Waals surface area (Å²) in [7, 11) is -1.03. The van der Waals surface area contributed by atoms with Gasteiger partial charge >= 0.3 is 0 Å². The second-order valence-electron chi connectivity index (χ2n) is 6.13. The molecule has 0 unspecified atom stereocenters. The van der Waals surface area contributed by atoms with Gasteiger partial charge in [0.2, 0.25) is 0 Å². The fourth-order valence-electron chi connectivity index (χ4n) is 3.05. The molecule has 126 valence electrons. The van der Waals surface area contributed by atoms with Crippen molar-refractivity contribution >= 4 is 28.1 Å². The van der Waals surface area contributed by atoms with E-state index in [1.807, 2.05) is 12.1 Å². The molecule has 1 fully saturated rings. The molecule has 0 bridgehead atoms. The minimum absolute atomic E-state index is 0.156. The van der Waals surface area contributed by atoms with E-state index in [1.54, 1.807) is 30.5 Å². The summed E-state index contributed by atoms with van der Waals surface area (Å²) in [6, 6.07) is 12.9. The molecule has 1 N–H and O–H groups in total. The van der Waals surface area contributed by atoms with E-state index in [9.17, 15) is 9.00 Å². The van der Waals surface area contributed by atoms with E-state index in [0.29, 0.717) is 5.56 Å². The topological polar surface area (TPSA) is 49.4 Å². The molecule has 4 nitrogen and oxygen atoms in total. The molecule has 2 aromatic rings. The average Bonchev–Trinajstić information content (AvgIpc) is 3.09. The summed E-state index contributed by atoms with van der Waals surface area (Å²) in [4.78, 5) is 15.5. The smallest absolute Gasteiger partial charge is 0.255 e. The number of benzene rings is 2. The van der Waals surface area contributed by atoms with Gasteiger partial charge in [0.15, 0.2) is 0 Å². The number of anilines is 2. The molecular formula is C19H22N2O2S. The normalized spacial score (nSPS) is 15.3. The Morgan fingerprint density at radius 1 is 1.08 bits per heavy atom. The zero-order valence-electron chi connectivity index (χ0n) is 14.0. The van der Waals surface area contributed by atoms with E-state index in [-0.39, 0.29) is 5.91 Å². The van der Waals surface area contributed by atoms with Crippen LogP contribution in [0.4, 0.5) is 11.4 Å². The Labute approximate surface area is 145 Å². The molecule has 0 aliphatic carbocycles. The second kappa shape index (κ2) is 7.18. The summed E-state index contributed by atoms with van der Waals surface area (Å²) in [6.45, 7) is 4.30. The van der Waals surface area contributed by atoms with Crippen LogP contribution in [0.25, 0.3) is 0 Å². The van der Waals surface area contributed by atoms with E-state index in [0.717, 1.165) is 23.7 Å². The fraction of sp³-hybridized carbons (Fsp3) is 0.316. The maximum absolute atomic E-state index is 12.4. The molecule has 24 heavy (non-hydrogen) atoms. The van der Waals surface area contributed by atoms with Crippen molar-refractivity contribution in [3.63, 3.8) is 0 Å². The monoisotopic (exact) mass is 342 g/mol. The van der Waals surface area contributed by atoms with Crippen molar-refractivity contribution in [2.75, 3.05) is 29.6 Å². The molecule has 0 spiro atoms. The van der Waals surface area contributed by atoms with Crippen molar-refractivity contribution in [2.24, 2.45) is 0 Å². The predicted octanol–water partition coefficient (Wildman–Crippen LogP) is 3.58. The molecule has 1 atom stereocenters. The summed E-state index contributed by atoms with van der Waals surface area (Å²) in [5, 5.41) is 2.93. The van der Waals surface area contributed by atoms with Gasteiger partial charge in [-0.15, -0.1) is 0 Å². The van der Waals surface area contributed by atoms with Crippen LogP contribution in [0.5, 0.6) is 0 Å². The SMILES string of the molecule is Cc1cc(NC(=O)c2ccc([S@](C)=O)cc2)ccc1N1CCCC1. The highest BCUT2D eigenvalue weighted by Crippen LogP contribution is 2.27. The first-order chi connectivity index (χ1) is 11.5. The van der Waals surface area contributed by atoms with E-state index in [2.05, 4.69) is 23.2 Å². The number of amides is 1. The van der Waals surface area contributed by atoms with E-state index in [4.69, 9.17) is 0 Å². The third-order valence-electron chi connectivity index (χ3n) is 4.35. The lowest BCUT2D eigenvalue weighted by molar-refractivity contribution is 0.102. The van der Waals surface area contributed by atoms with Crippen LogP contribution in [0.1, 0.15) is 28.8 Å². The van der Waals surface area contributed by atoms with E-state index >= 15 is 0 Å². The van der Waals surface area contributed by atoms with Crippen molar-refractivity contribution in [3.05, 3.63) is 53.6 Å². The van der Waals surface area contributed by atoms with Crippen molar-refractivity contribution in [3.8, 4) is 0 Å². The van der Waals surface area contributed by atoms with Gasteiger partial charge in [-0.1, -0.05) is 0 Å². The summed E-state index contributed by atoms with van der Waals surface area (Å²) in [5.74, 6) is -0.156. The Bertz CT molecular complexity index is 765. The Balaban J connectivity index is 1.72. The van der Waals surface area contributed by atoms with Crippen LogP contribution in [0.2, 0.25) is 0 Å². The maximum Gasteiger partial charge on any atom is 0.255 e. The Hall–Kier alpha value is -2.14. The highest BCUT2D eigenvalue weighted by molar-refractivity contribution is 7.84. The van der Waals surface area contributed by atoms with Gasteiger partial charge in [-0.25, -0.2) is 0 Å². The van der Waals surface area contributed by atoms with Gasteiger partial charge in [0.25, 0.3) is 5.91 Å². The first-order valence-electron chi connectivity index (χ1n) is 8.15. The molecule has 1 aliphatic heterocycles. The lowest BCUT2D eigenvalue weighted by Crippen LogP contribution is -2.19. The van der Waals surface area contributed by atoms with Gasteiger partial charge in [-0.2, -0.15) is 0 Å². The largest absolute Gasteiger partial charge is 0.371 e. The Kier molecular flexibility index (Phi) is 5.00. The second-order valence-corrected chi connectivity index (χ2v) is 7.51. The predicted molar refractivity (Wildman–Crippen MR) is 99.4 cm³/mol. The third kappa shape index (κ3) is 3.67. The van der Waals surface area contributed by atoms with Gasteiger partial charge in [0.05, 0.1) is 0 Å². The summed E-state index contributed by atoms with van der Waals surface area (Å²) < 4.78 is 11.4. The number of carbonyl (C=O) groups is 1. The first-order valence-corrected chi connectivity index (χ1v) is 9.71. The summed E-state index contributed by atoms with van der Waals surface area (Å²) in [6.07, 6.45) is 4.12. The first kappa shape index (κ1) is 16.7.